The summed E-state index contributed by atoms with van der Waals surface area (Å²) in [5.74, 6) is -1.20. The molecule has 1 aromatic heterocycles. The van der Waals surface area contributed by atoms with Crippen LogP contribution in [0.3, 0.4) is 0 Å². The molecule has 1 atom stereocenters. The number of hydrogen-bond donors (Lipinski definition) is 3. The van der Waals surface area contributed by atoms with Gasteiger partial charge in [-0.3, -0.25) is 14.4 Å². The molecule has 2 aromatic carbocycles. The van der Waals surface area contributed by atoms with Gasteiger partial charge in [0.1, 0.15) is 24.1 Å². The van der Waals surface area contributed by atoms with Gasteiger partial charge in [-0.1, -0.05) is 43.0 Å². The van der Waals surface area contributed by atoms with Crippen LogP contribution in [0.5, 0.6) is 11.5 Å². The third-order valence-corrected chi connectivity index (χ3v) is 7.01. The molecule has 206 valence electrons. The highest BCUT2D eigenvalue weighted by molar-refractivity contribution is 5.98. The molecular formula is C29H34N4O6. The van der Waals surface area contributed by atoms with Gasteiger partial charge in [0.15, 0.2) is 5.69 Å². The minimum atomic E-state index is -1.15. The van der Waals surface area contributed by atoms with Crippen LogP contribution in [0.2, 0.25) is 0 Å². The summed E-state index contributed by atoms with van der Waals surface area (Å²) in [5.41, 5.74) is 3.10. The number of carboxylic acid groups (broad SMARTS) is 1. The predicted molar refractivity (Wildman–Crippen MR) is 145 cm³/mol. The number of nitrogens with one attached hydrogen (secondary N) is 2. The second kappa shape index (κ2) is 12.5. The Morgan fingerprint density at radius 1 is 1.03 bits per heavy atom. The topological polar surface area (TPSA) is 132 Å². The Bertz CT molecular complexity index is 1310. The number of amides is 2. The molecule has 10 heteroatoms. The highest BCUT2D eigenvalue weighted by Crippen LogP contribution is 2.39. The number of aliphatic carboxylic acids is 1. The fraction of sp³-hybridized carbons (Fsp3) is 0.379. The average molecular weight is 535 g/mol. The molecule has 0 spiro atoms. The van der Waals surface area contributed by atoms with Crippen molar-refractivity contribution in [3.8, 4) is 28.4 Å². The number of carbonyl (C=O) groups excluding carboxylic acids is 2. The first-order valence-corrected chi connectivity index (χ1v) is 13.0. The van der Waals surface area contributed by atoms with E-state index in [-0.39, 0.29) is 11.6 Å². The zero-order chi connectivity index (χ0) is 27.9. The van der Waals surface area contributed by atoms with E-state index >= 15 is 0 Å². The molecule has 1 fully saturated rings. The number of rotatable bonds is 10. The Morgan fingerprint density at radius 2 is 1.67 bits per heavy atom. The van der Waals surface area contributed by atoms with Gasteiger partial charge < -0.3 is 25.2 Å². The number of aromatic nitrogens is 2. The molecular weight excluding hydrogens is 500 g/mol. The number of hydrogen-bond acceptors (Lipinski definition) is 6. The maximum absolute atomic E-state index is 13.6. The molecule has 39 heavy (non-hydrogen) atoms. The molecule has 0 saturated heterocycles. The Kier molecular flexibility index (Phi) is 8.85. The van der Waals surface area contributed by atoms with E-state index in [1.165, 1.54) is 0 Å². The van der Waals surface area contributed by atoms with Crippen LogP contribution in [0.4, 0.5) is 0 Å². The van der Waals surface area contributed by atoms with Crippen molar-refractivity contribution in [2.75, 3.05) is 20.8 Å². The van der Waals surface area contributed by atoms with E-state index in [2.05, 4.69) is 15.7 Å². The van der Waals surface area contributed by atoms with Crippen LogP contribution in [-0.4, -0.2) is 59.5 Å². The number of aryl methyl sites for hydroxylation is 1. The van der Waals surface area contributed by atoms with E-state index in [0.29, 0.717) is 22.8 Å². The van der Waals surface area contributed by atoms with Gasteiger partial charge in [-0.25, -0.2) is 4.68 Å². The molecule has 1 saturated carbocycles. The van der Waals surface area contributed by atoms with Crippen LogP contribution >= 0.6 is 0 Å². The van der Waals surface area contributed by atoms with Crippen molar-refractivity contribution in [1.82, 2.24) is 20.4 Å². The number of methoxy groups -OCH3 is 2. The summed E-state index contributed by atoms with van der Waals surface area (Å²) in [6.07, 6.45) is 4.50. The second-order valence-electron chi connectivity index (χ2n) is 9.66. The number of carbonyl (C=O) groups is 3. The summed E-state index contributed by atoms with van der Waals surface area (Å²) in [6.45, 7) is 1.47. The van der Waals surface area contributed by atoms with Crippen LogP contribution in [0.25, 0.3) is 16.9 Å². The molecule has 4 rings (SSSR count). The highest BCUT2D eigenvalue weighted by Gasteiger charge is 2.32. The van der Waals surface area contributed by atoms with Crippen LogP contribution in [0.1, 0.15) is 48.2 Å². The fourth-order valence-electron chi connectivity index (χ4n) is 5.01. The lowest BCUT2D eigenvalue weighted by molar-refractivity contribution is -0.138. The predicted octanol–water partition coefficient (Wildman–Crippen LogP) is 3.74. The van der Waals surface area contributed by atoms with Gasteiger partial charge in [-0.05, 0) is 56.0 Å². The molecule has 0 radical (unpaired) electrons. The van der Waals surface area contributed by atoms with Gasteiger partial charge in [0, 0.05) is 0 Å². The van der Waals surface area contributed by atoms with Crippen molar-refractivity contribution >= 4 is 17.8 Å². The molecule has 0 unspecified atom stereocenters. The third kappa shape index (κ3) is 6.39. The van der Waals surface area contributed by atoms with Crippen molar-refractivity contribution in [3.63, 3.8) is 0 Å². The Balaban J connectivity index is 1.74. The second-order valence-corrected chi connectivity index (χ2v) is 9.66. The summed E-state index contributed by atoms with van der Waals surface area (Å²) in [7, 11) is 3.12. The van der Waals surface area contributed by atoms with E-state index in [4.69, 9.17) is 14.6 Å². The SMILES string of the molecule is COc1cccc(OC)c1-c1cc(C(=O)N[C@H](C(=O)NCC(=O)O)C2CCCCC2)nn1-c1ccc(C)cc1. The first-order valence-electron chi connectivity index (χ1n) is 13.0. The van der Waals surface area contributed by atoms with E-state index in [9.17, 15) is 14.4 Å². The fourth-order valence-corrected chi connectivity index (χ4v) is 5.01. The lowest BCUT2D eigenvalue weighted by Gasteiger charge is -2.29. The summed E-state index contributed by atoms with van der Waals surface area (Å²) in [4.78, 5) is 37.6. The quantitative estimate of drug-likeness (QED) is 0.361. The van der Waals surface area contributed by atoms with Gasteiger partial charge in [0.25, 0.3) is 5.91 Å². The zero-order valence-corrected chi connectivity index (χ0v) is 22.4. The van der Waals surface area contributed by atoms with Crippen LogP contribution < -0.4 is 20.1 Å². The number of carboxylic acids is 1. The minimum Gasteiger partial charge on any atom is -0.496 e. The summed E-state index contributed by atoms with van der Waals surface area (Å²) in [6, 6.07) is 13.9. The van der Waals surface area contributed by atoms with Crippen LogP contribution in [0.15, 0.2) is 48.5 Å². The van der Waals surface area contributed by atoms with Crippen molar-refractivity contribution in [3.05, 3.63) is 59.8 Å². The maximum Gasteiger partial charge on any atom is 0.322 e. The number of benzene rings is 2. The zero-order valence-electron chi connectivity index (χ0n) is 22.4. The monoisotopic (exact) mass is 534 g/mol. The number of nitrogens with zero attached hydrogens (tertiary/aromatic N) is 2. The number of ether oxygens (including phenoxy) is 2. The maximum atomic E-state index is 13.6. The Hall–Kier alpha value is -4.34. The van der Waals surface area contributed by atoms with Crippen LogP contribution in [0, 0.1) is 12.8 Å². The molecule has 0 bridgehead atoms. The first-order chi connectivity index (χ1) is 18.8. The van der Waals surface area contributed by atoms with Gasteiger partial charge in [0.05, 0.1) is 31.2 Å². The molecule has 3 aromatic rings. The minimum absolute atomic E-state index is 0.0931. The highest BCUT2D eigenvalue weighted by atomic mass is 16.5. The molecule has 1 aliphatic carbocycles. The molecule has 10 nitrogen and oxygen atoms in total. The normalized spacial score (nSPS) is 14.3. The van der Waals surface area contributed by atoms with E-state index < -0.39 is 30.4 Å². The van der Waals surface area contributed by atoms with Gasteiger partial charge in [-0.15, -0.1) is 0 Å². The van der Waals surface area contributed by atoms with Gasteiger partial charge >= 0.3 is 5.97 Å². The molecule has 3 N–H and O–H groups in total. The lowest BCUT2D eigenvalue weighted by atomic mass is 9.83. The lowest BCUT2D eigenvalue weighted by Crippen LogP contribution is -2.52. The standard InChI is InChI=1S/C29H34N4O6/c1-18-12-14-20(15-13-18)33-22(26-23(38-2)10-7-11-24(26)39-3)16-21(32-33)28(36)31-27(19-8-5-4-6-9-19)29(37)30-17-25(34)35/h7,10-16,19,27H,4-6,8-9,17H2,1-3H3,(H,30,37)(H,31,36)(H,34,35)/t27-/m0/s1. The largest absolute Gasteiger partial charge is 0.496 e. The van der Waals surface area contributed by atoms with E-state index in [1.54, 1.807) is 37.1 Å². The third-order valence-electron chi connectivity index (χ3n) is 7.01. The van der Waals surface area contributed by atoms with E-state index in [0.717, 1.165) is 43.4 Å². The molecule has 2 amide bonds. The van der Waals surface area contributed by atoms with E-state index in [1.807, 2.05) is 37.3 Å². The molecule has 1 heterocycles. The van der Waals surface area contributed by atoms with Crippen molar-refractivity contribution in [2.24, 2.45) is 5.92 Å². The summed E-state index contributed by atoms with van der Waals surface area (Å²) in [5, 5.41) is 19.0. The Morgan fingerprint density at radius 3 is 2.26 bits per heavy atom. The smallest absolute Gasteiger partial charge is 0.322 e. The van der Waals surface area contributed by atoms with Gasteiger partial charge in [0.2, 0.25) is 5.91 Å². The molecule has 0 aliphatic heterocycles. The summed E-state index contributed by atoms with van der Waals surface area (Å²) >= 11 is 0. The molecule has 1 aliphatic rings. The van der Waals surface area contributed by atoms with Crippen molar-refractivity contribution < 1.29 is 29.0 Å². The average Bonchev–Trinajstić information content (AvgIpc) is 3.40. The van der Waals surface area contributed by atoms with Crippen molar-refractivity contribution in [1.29, 1.82) is 0 Å². The Labute approximate surface area is 227 Å². The van der Waals surface area contributed by atoms with Gasteiger partial charge in [-0.2, -0.15) is 5.10 Å². The van der Waals surface area contributed by atoms with Crippen LogP contribution in [-0.2, 0) is 9.59 Å². The summed E-state index contributed by atoms with van der Waals surface area (Å²) < 4.78 is 12.9. The first kappa shape index (κ1) is 27.7. The van der Waals surface area contributed by atoms with Crippen molar-refractivity contribution in [2.45, 2.75) is 45.1 Å².